The molecular weight excluding hydrogens is 453 g/mol. The van der Waals surface area contributed by atoms with E-state index >= 15 is 0 Å². The molecule has 0 fully saturated rings. The first-order valence-corrected chi connectivity index (χ1v) is 8.33. The van der Waals surface area contributed by atoms with Crippen molar-refractivity contribution in [2.24, 2.45) is 0 Å². The second-order valence-electron chi connectivity index (χ2n) is 4.38. The predicted octanol–water partition coefficient (Wildman–Crippen LogP) is 3.06. The van der Waals surface area contributed by atoms with Gasteiger partial charge in [0.05, 0.1) is 5.57 Å². The zero-order valence-electron chi connectivity index (χ0n) is 11.4. The number of amides is 4. The molecule has 2 N–H and O–H groups in total. The highest BCUT2D eigenvalue weighted by molar-refractivity contribution is 6.77. The fraction of sp³-hybridized carbons (Fsp3) is 0.455. The van der Waals surface area contributed by atoms with Gasteiger partial charge in [-0.3, -0.25) is 25.0 Å². The molecule has 0 saturated heterocycles. The van der Waals surface area contributed by atoms with Crippen LogP contribution in [0.15, 0.2) is 11.3 Å². The molecule has 0 unspecified atom stereocenters. The van der Waals surface area contributed by atoms with Crippen LogP contribution in [-0.4, -0.2) is 31.4 Å². The number of carbonyl (C=O) groups excluding carboxylic acids is 4. The zero-order chi connectivity index (χ0) is 18.7. The summed E-state index contributed by atoms with van der Waals surface area (Å²) in [6.07, 6.45) is -0.368. The number of alkyl carbamates (subject to hydrolysis) is 1. The average molecular weight is 461 g/mol. The van der Waals surface area contributed by atoms with Crippen LogP contribution in [0.2, 0.25) is 0 Å². The van der Waals surface area contributed by atoms with E-state index in [1.165, 1.54) is 0 Å². The average Bonchev–Trinajstić information content (AvgIpc) is 2.84. The summed E-state index contributed by atoms with van der Waals surface area (Å²) in [4.78, 5) is 46.3. The Morgan fingerprint density at radius 3 is 1.83 bits per heavy atom. The summed E-state index contributed by atoms with van der Waals surface area (Å²) in [5.74, 6) is -3.33. The summed E-state index contributed by atoms with van der Waals surface area (Å²) in [6.45, 7) is 0. The van der Waals surface area contributed by atoms with Gasteiger partial charge in [0.15, 0.2) is 0 Å². The molecule has 7 nitrogen and oxygen atoms in total. The van der Waals surface area contributed by atoms with Crippen LogP contribution in [0.4, 0.5) is 4.79 Å². The third-order valence-corrected chi connectivity index (χ3v) is 3.64. The van der Waals surface area contributed by atoms with Crippen molar-refractivity contribution in [3.8, 4) is 0 Å². The van der Waals surface area contributed by atoms with E-state index < -0.39 is 31.4 Å². The minimum atomic E-state index is -2.36. The smallest absolute Gasteiger partial charge is 0.414 e. The van der Waals surface area contributed by atoms with Crippen LogP contribution in [0.5, 0.6) is 0 Å². The minimum absolute atomic E-state index is 0.00548. The summed E-state index contributed by atoms with van der Waals surface area (Å²) in [7, 11) is 0. The number of ether oxygens (including phenoxy) is 1. The summed E-state index contributed by atoms with van der Waals surface area (Å²) in [5.41, 5.74) is -0.00548. The molecule has 0 spiro atoms. The Balaban J connectivity index is 2.77. The molecule has 134 valence electrons. The highest BCUT2D eigenvalue weighted by atomic mass is 35.6. The zero-order valence-corrected chi connectivity index (χ0v) is 16.0. The number of carbonyl (C=O) groups is 4. The van der Waals surface area contributed by atoms with Crippen LogP contribution in [0.25, 0.3) is 0 Å². The number of rotatable bonds is 2. The summed E-state index contributed by atoms with van der Waals surface area (Å²) in [6, 6.07) is 0. The Morgan fingerprint density at radius 1 is 0.833 bits per heavy atom. The van der Waals surface area contributed by atoms with Gasteiger partial charge in [0.2, 0.25) is 0 Å². The van der Waals surface area contributed by atoms with Gasteiger partial charge in [0.1, 0.15) is 5.76 Å². The lowest BCUT2D eigenvalue weighted by Gasteiger charge is -2.13. The van der Waals surface area contributed by atoms with Crippen molar-refractivity contribution in [3.05, 3.63) is 11.3 Å². The van der Waals surface area contributed by atoms with Gasteiger partial charge in [-0.05, 0) is 12.8 Å². The SMILES string of the molecule is O=C(NC(=O)C(Cl)(Cl)Cl)OC1=C(C(=O)NC(=O)C(Cl)(Cl)Cl)CCC1. The van der Waals surface area contributed by atoms with E-state index in [2.05, 4.69) is 0 Å². The van der Waals surface area contributed by atoms with E-state index in [9.17, 15) is 19.2 Å². The number of alkyl halides is 6. The van der Waals surface area contributed by atoms with Gasteiger partial charge in [-0.2, -0.15) is 0 Å². The molecule has 13 heteroatoms. The molecule has 1 rings (SSSR count). The van der Waals surface area contributed by atoms with Crippen molar-refractivity contribution < 1.29 is 23.9 Å². The van der Waals surface area contributed by atoms with Crippen molar-refractivity contribution in [3.63, 3.8) is 0 Å². The maximum absolute atomic E-state index is 12.0. The Morgan fingerprint density at radius 2 is 1.33 bits per heavy atom. The fourth-order valence-electron chi connectivity index (χ4n) is 1.62. The number of allylic oxidation sites excluding steroid dienone is 1. The van der Waals surface area contributed by atoms with E-state index in [0.29, 0.717) is 6.42 Å². The lowest BCUT2D eigenvalue weighted by molar-refractivity contribution is -0.128. The standard InChI is InChI=1S/C11H8Cl6N2O5/c12-10(13,14)7(21)18-6(20)4-2-1-3-5(4)24-9(23)19-8(22)11(15,16)17/h1-3H2,(H,18,20,21)(H,19,22,23). The van der Waals surface area contributed by atoms with Crippen LogP contribution in [0.3, 0.4) is 0 Å². The van der Waals surface area contributed by atoms with Gasteiger partial charge in [-0.25, -0.2) is 4.79 Å². The number of halogens is 6. The van der Waals surface area contributed by atoms with Gasteiger partial charge in [-0.1, -0.05) is 69.6 Å². The Kier molecular flexibility index (Phi) is 7.46. The third kappa shape index (κ3) is 6.46. The molecule has 0 saturated carbocycles. The van der Waals surface area contributed by atoms with Crippen molar-refractivity contribution in [1.82, 2.24) is 10.6 Å². The number of imide groups is 2. The monoisotopic (exact) mass is 458 g/mol. The highest BCUT2D eigenvalue weighted by Gasteiger charge is 2.35. The molecule has 0 aromatic carbocycles. The number of nitrogens with one attached hydrogen (secondary N) is 2. The third-order valence-electron chi connectivity index (χ3n) is 2.61. The molecule has 0 atom stereocenters. The van der Waals surface area contributed by atoms with Crippen LogP contribution in [0, 0.1) is 0 Å². The van der Waals surface area contributed by atoms with Gasteiger partial charge in [0, 0.05) is 6.42 Å². The van der Waals surface area contributed by atoms with Crippen molar-refractivity contribution in [2.75, 3.05) is 0 Å². The van der Waals surface area contributed by atoms with E-state index in [1.807, 2.05) is 5.32 Å². The van der Waals surface area contributed by atoms with E-state index in [4.69, 9.17) is 74.3 Å². The first-order valence-electron chi connectivity index (χ1n) is 6.07. The van der Waals surface area contributed by atoms with Gasteiger partial charge >= 0.3 is 6.09 Å². The van der Waals surface area contributed by atoms with Gasteiger partial charge in [0.25, 0.3) is 25.3 Å². The van der Waals surface area contributed by atoms with Crippen LogP contribution in [-0.2, 0) is 19.1 Å². The van der Waals surface area contributed by atoms with Crippen molar-refractivity contribution in [1.29, 1.82) is 0 Å². The van der Waals surface area contributed by atoms with Crippen LogP contribution in [0.1, 0.15) is 19.3 Å². The van der Waals surface area contributed by atoms with Crippen molar-refractivity contribution >= 4 is 93.4 Å². The molecule has 0 heterocycles. The summed E-state index contributed by atoms with van der Waals surface area (Å²) in [5, 5.41) is 3.54. The highest BCUT2D eigenvalue weighted by Crippen LogP contribution is 2.30. The predicted molar refractivity (Wildman–Crippen MR) is 89.2 cm³/mol. The maximum atomic E-state index is 12.0. The van der Waals surface area contributed by atoms with Crippen LogP contribution >= 0.6 is 69.6 Å². The molecule has 0 aromatic rings. The molecule has 0 radical (unpaired) electrons. The molecule has 24 heavy (non-hydrogen) atoms. The lowest BCUT2D eigenvalue weighted by atomic mass is 10.2. The first kappa shape index (κ1) is 21.6. The molecule has 1 aliphatic rings. The minimum Gasteiger partial charge on any atom is -0.414 e. The summed E-state index contributed by atoms with van der Waals surface area (Å²) >= 11 is 31.9. The largest absolute Gasteiger partial charge is 0.419 e. The Labute approximate surface area is 165 Å². The molecule has 0 aromatic heterocycles. The number of hydrogen-bond acceptors (Lipinski definition) is 5. The molecule has 0 bridgehead atoms. The molecule has 4 amide bonds. The van der Waals surface area contributed by atoms with Gasteiger partial charge in [-0.15, -0.1) is 0 Å². The molecule has 1 aliphatic carbocycles. The fourth-order valence-corrected chi connectivity index (χ4v) is 1.90. The second kappa shape index (κ2) is 8.29. The van der Waals surface area contributed by atoms with Crippen molar-refractivity contribution in [2.45, 2.75) is 26.8 Å². The second-order valence-corrected chi connectivity index (χ2v) is 8.94. The quantitative estimate of drug-likeness (QED) is 0.617. The number of hydrogen-bond donors (Lipinski definition) is 2. The van der Waals surface area contributed by atoms with E-state index in [0.717, 1.165) is 0 Å². The van der Waals surface area contributed by atoms with E-state index in [-0.39, 0.29) is 24.2 Å². The lowest BCUT2D eigenvalue weighted by Crippen LogP contribution is -2.40. The molecular formula is C11H8Cl6N2O5. The summed E-state index contributed by atoms with van der Waals surface area (Å²) < 4.78 is 0.149. The van der Waals surface area contributed by atoms with Gasteiger partial charge < -0.3 is 4.74 Å². The normalized spacial score (nSPS) is 15.1. The van der Waals surface area contributed by atoms with Crippen LogP contribution < -0.4 is 10.6 Å². The van der Waals surface area contributed by atoms with E-state index in [1.54, 1.807) is 5.32 Å². The first-order chi connectivity index (χ1) is 10.8. The Bertz CT molecular complexity index is 607. The topological polar surface area (TPSA) is 102 Å². The Hall–Kier alpha value is -0.440. The maximum Gasteiger partial charge on any atom is 0.419 e. The molecule has 0 aliphatic heterocycles.